The van der Waals surface area contributed by atoms with Crippen LogP contribution in [-0.2, 0) is 0 Å². The summed E-state index contributed by atoms with van der Waals surface area (Å²) < 4.78 is 4.78. The number of carbonyl (C=O) groups is 1. The van der Waals surface area contributed by atoms with Crippen LogP contribution in [0, 0.1) is 0 Å². The van der Waals surface area contributed by atoms with Crippen LogP contribution in [0.25, 0.3) is 55.0 Å². The molecule has 9 aromatic rings. The fourth-order valence-corrected chi connectivity index (χ4v) is 7.78. The van der Waals surface area contributed by atoms with Crippen molar-refractivity contribution in [3.8, 4) is 11.4 Å². The van der Waals surface area contributed by atoms with Crippen LogP contribution in [0.4, 0.5) is 11.4 Å². The Hall–Kier alpha value is -6.59. The molecule has 0 saturated carbocycles. The number of anilines is 2. The molecule has 2 aromatic heterocycles. The number of aromatic nitrogens is 2. The summed E-state index contributed by atoms with van der Waals surface area (Å²) in [6, 6.07) is 58.8. The highest BCUT2D eigenvalue weighted by Crippen LogP contribution is 2.42. The van der Waals surface area contributed by atoms with Gasteiger partial charge >= 0.3 is 0 Å². The van der Waals surface area contributed by atoms with Crippen molar-refractivity contribution in [3.63, 3.8) is 0 Å². The number of amides is 1. The van der Waals surface area contributed by atoms with Crippen LogP contribution in [0.15, 0.2) is 170 Å². The van der Waals surface area contributed by atoms with E-state index in [0.29, 0.717) is 5.56 Å². The van der Waals surface area contributed by atoms with Gasteiger partial charge in [0, 0.05) is 44.3 Å². The second-order valence-corrected chi connectivity index (χ2v) is 12.6. The van der Waals surface area contributed by atoms with Crippen LogP contribution in [0.2, 0.25) is 0 Å². The predicted octanol–water partition coefficient (Wildman–Crippen LogP) is 10.7. The molecular formula is C44H30N4O. The molecule has 0 radical (unpaired) electrons. The fraction of sp³-hybridized carbons (Fsp3) is 0.0227. The van der Waals surface area contributed by atoms with Crippen molar-refractivity contribution in [1.29, 1.82) is 0 Å². The van der Waals surface area contributed by atoms with Crippen LogP contribution in [0.1, 0.15) is 22.1 Å². The van der Waals surface area contributed by atoms with Crippen LogP contribution in [-0.4, -0.2) is 15.0 Å². The summed E-state index contributed by atoms with van der Waals surface area (Å²) in [6.07, 6.45) is -0.363. The van der Waals surface area contributed by atoms with Crippen molar-refractivity contribution in [2.45, 2.75) is 6.17 Å². The first kappa shape index (κ1) is 27.5. The van der Waals surface area contributed by atoms with E-state index in [2.05, 4.69) is 130 Å². The van der Waals surface area contributed by atoms with Crippen molar-refractivity contribution in [1.82, 2.24) is 9.13 Å². The molecule has 5 nitrogen and oxygen atoms in total. The van der Waals surface area contributed by atoms with E-state index < -0.39 is 0 Å². The number of benzene rings is 7. The Morgan fingerprint density at radius 2 is 1.04 bits per heavy atom. The number of nitrogens with zero attached hydrogens (tertiary/aromatic N) is 3. The van der Waals surface area contributed by atoms with E-state index in [-0.39, 0.29) is 12.1 Å². The van der Waals surface area contributed by atoms with E-state index in [1.165, 1.54) is 32.6 Å². The lowest BCUT2D eigenvalue weighted by molar-refractivity contribution is 0.0975. The smallest absolute Gasteiger partial charge is 0.262 e. The van der Waals surface area contributed by atoms with Gasteiger partial charge in [-0.25, -0.2) is 0 Å². The third-order valence-electron chi connectivity index (χ3n) is 9.91. The van der Waals surface area contributed by atoms with E-state index in [9.17, 15) is 4.79 Å². The molecule has 49 heavy (non-hydrogen) atoms. The standard InChI is InChI=1S/C44H30N4O/c49-44-35-18-7-10-20-37(35)45-43(48(44)31-15-5-2-6-16-31)29-23-25-32(26-24-29)46-39-22-12-9-19-36(39)41-40(46)28-27-34-33-17-8-11-21-38(33)47(42(34)41)30-13-3-1-4-14-30/h1-28,43,45H. The Labute approximate surface area is 282 Å². The van der Waals surface area contributed by atoms with E-state index in [0.717, 1.165) is 39.3 Å². The Morgan fingerprint density at radius 1 is 0.449 bits per heavy atom. The molecule has 1 N–H and O–H groups in total. The molecule has 3 heterocycles. The van der Waals surface area contributed by atoms with E-state index >= 15 is 0 Å². The molecule has 5 heteroatoms. The largest absolute Gasteiger partial charge is 0.360 e. The summed E-state index contributed by atoms with van der Waals surface area (Å²) in [4.78, 5) is 15.8. The van der Waals surface area contributed by atoms with Crippen molar-refractivity contribution in [2.75, 3.05) is 10.2 Å². The van der Waals surface area contributed by atoms with Gasteiger partial charge < -0.3 is 14.5 Å². The quantitative estimate of drug-likeness (QED) is 0.210. The van der Waals surface area contributed by atoms with Gasteiger partial charge in [-0.15, -0.1) is 0 Å². The molecule has 1 amide bonds. The van der Waals surface area contributed by atoms with Crippen LogP contribution in [0.5, 0.6) is 0 Å². The zero-order valence-electron chi connectivity index (χ0n) is 26.5. The van der Waals surface area contributed by atoms with Crippen LogP contribution in [0.3, 0.4) is 0 Å². The Balaban J connectivity index is 1.17. The summed E-state index contributed by atoms with van der Waals surface area (Å²) in [6.45, 7) is 0. The summed E-state index contributed by atoms with van der Waals surface area (Å²) in [5.74, 6) is -0.0187. The number of carbonyl (C=O) groups excluding carboxylic acids is 1. The molecule has 1 aliphatic rings. The first-order valence-electron chi connectivity index (χ1n) is 16.6. The highest BCUT2D eigenvalue weighted by molar-refractivity contribution is 6.26. The molecule has 7 aromatic carbocycles. The monoisotopic (exact) mass is 630 g/mol. The van der Waals surface area contributed by atoms with Crippen LogP contribution >= 0.6 is 0 Å². The first-order valence-corrected chi connectivity index (χ1v) is 16.6. The Morgan fingerprint density at radius 3 is 1.80 bits per heavy atom. The molecule has 0 aliphatic carbocycles. The summed E-state index contributed by atoms with van der Waals surface area (Å²) in [7, 11) is 0. The van der Waals surface area contributed by atoms with Gasteiger partial charge in [0.15, 0.2) is 0 Å². The number of hydrogen-bond donors (Lipinski definition) is 1. The Bertz CT molecular complexity index is 2710. The second kappa shape index (κ2) is 10.7. The van der Waals surface area contributed by atoms with Gasteiger partial charge in [-0.1, -0.05) is 103 Å². The van der Waals surface area contributed by atoms with Gasteiger partial charge in [-0.05, 0) is 72.3 Å². The van der Waals surface area contributed by atoms with Gasteiger partial charge in [0.05, 0.1) is 27.6 Å². The molecule has 1 aliphatic heterocycles. The summed E-state index contributed by atoms with van der Waals surface area (Å²) in [5, 5.41) is 8.56. The minimum atomic E-state index is -0.363. The van der Waals surface area contributed by atoms with Crippen molar-refractivity contribution in [2.24, 2.45) is 0 Å². The molecule has 1 unspecified atom stereocenters. The molecule has 0 saturated heterocycles. The normalized spacial score (nSPS) is 14.5. The maximum atomic E-state index is 13.9. The minimum absolute atomic E-state index is 0.0187. The fourth-order valence-electron chi connectivity index (χ4n) is 7.78. The zero-order chi connectivity index (χ0) is 32.5. The summed E-state index contributed by atoms with van der Waals surface area (Å²) >= 11 is 0. The molecule has 1 atom stereocenters. The van der Waals surface area contributed by atoms with Gasteiger partial charge in [0.1, 0.15) is 6.17 Å². The van der Waals surface area contributed by atoms with E-state index in [4.69, 9.17) is 0 Å². The average molecular weight is 631 g/mol. The minimum Gasteiger partial charge on any atom is -0.360 e. The van der Waals surface area contributed by atoms with Gasteiger partial charge in [-0.3, -0.25) is 9.69 Å². The second-order valence-electron chi connectivity index (χ2n) is 12.6. The topological polar surface area (TPSA) is 42.2 Å². The predicted molar refractivity (Wildman–Crippen MR) is 201 cm³/mol. The van der Waals surface area contributed by atoms with Gasteiger partial charge in [0.2, 0.25) is 0 Å². The van der Waals surface area contributed by atoms with E-state index in [1.54, 1.807) is 0 Å². The van der Waals surface area contributed by atoms with Gasteiger partial charge in [0.25, 0.3) is 5.91 Å². The van der Waals surface area contributed by atoms with Crippen molar-refractivity contribution >= 4 is 60.9 Å². The van der Waals surface area contributed by atoms with Crippen molar-refractivity contribution in [3.05, 3.63) is 181 Å². The van der Waals surface area contributed by atoms with Crippen molar-refractivity contribution < 1.29 is 4.79 Å². The third kappa shape index (κ3) is 4.09. The number of rotatable bonds is 4. The molecule has 232 valence electrons. The lowest BCUT2D eigenvalue weighted by Crippen LogP contribution is -2.43. The SMILES string of the molecule is O=C1c2ccccc2NC(c2ccc(-n3c4ccccc4c4c3ccc3c5ccccc5n(-c5ccccc5)c34)cc2)N1c1ccccc1. The zero-order valence-corrected chi connectivity index (χ0v) is 26.5. The number of hydrogen-bond acceptors (Lipinski definition) is 2. The highest BCUT2D eigenvalue weighted by Gasteiger charge is 2.34. The maximum Gasteiger partial charge on any atom is 0.262 e. The Kier molecular flexibility index (Phi) is 6.02. The third-order valence-corrected chi connectivity index (χ3v) is 9.91. The molecule has 0 fully saturated rings. The number of nitrogens with one attached hydrogen (secondary N) is 1. The van der Waals surface area contributed by atoms with E-state index in [1.807, 2.05) is 59.5 Å². The first-order chi connectivity index (χ1) is 24.3. The molecular weight excluding hydrogens is 601 g/mol. The molecule has 10 rings (SSSR count). The average Bonchev–Trinajstić information content (AvgIpc) is 3.69. The number of para-hydroxylation sites is 5. The van der Waals surface area contributed by atoms with Crippen LogP contribution < -0.4 is 10.2 Å². The summed E-state index contributed by atoms with van der Waals surface area (Å²) in [5.41, 5.74) is 10.3. The number of fused-ring (bicyclic) bond motifs is 8. The molecule has 0 spiro atoms. The lowest BCUT2D eigenvalue weighted by Gasteiger charge is -2.38. The highest BCUT2D eigenvalue weighted by atomic mass is 16.2. The van der Waals surface area contributed by atoms with Gasteiger partial charge in [-0.2, -0.15) is 0 Å². The molecule has 0 bridgehead atoms. The maximum absolute atomic E-state index is 13.9. The lowest BCUT2D eigenvalue weighted by atomic mass is 10.0.